The average Bonchev–Trinajstić information content (AvgIpc) is 3.50. The van der Waals surface area contributed by atoms with Crippen molar-refractivity contribution in [3.05, 3.63) is 162 Å². The lowest BCUT2D eigenvalue weighted by Gasteiger charge is -2.34. The van der Waals surface area contributed by atoms with Gasteiger partial charge in [0.05, 0.1) is 11.6 Å². The van der Waals surface area contributed by atoms with Crippen molar-refractivity contribution in [2.75, 3.05) is 0 Å². The topological polar surface area (TPSA) is 67.4 Å². The van der Waals surface area contributed by atoms with E-state index in [4.69, 9.17) is 5.10 Å². The first-order chi connectivity index (χ1) is 18.8. The summed E-state index contributed by atoms with van der Waals surface area (Å²) in [6.45, 7) is 0. The number of nitriles is 1. The Hall–Kier alpha value is -5.34. The first-order valence-electron chi connectivity index (χ1n) is 12.4. The van der Waals surface area contributed by atoms with Crippen LogP contribution in [0.15, 0.2) is 140 Å². The molecule has 180 valence electrons. The number of hydrogen-bond donors (Lipinski definition) is 0. The van der Waals surface area contributed by atoms with Crippen molar-refractivity contribution in [1.29, 1.82) is 5.26 Å². The zero-order valence-electron chi connectivity index (χ0n) is 20.5. The third-order valence-electron chi connectivity index (χ3n) is 6.78. The third-order valence-corrected chi connectivity index (χ3v) is 6.78. The molecule has 0 bridgehead atoms. The van der Waals surface area contributed by atoms with E-state index >= 15 is 0 Å². The Labute approximate surface area is 221 Å². The second-order valence-corrected chi connectivity index (χ2v) is 8.95. The number of tetrazole rings is 1. The van der Waals surface area contributed by atoms with Crippen molar-refractivity contribution in [1.82, 2.24) is 20.2 Å². The molecule has 0 fully saturated rings. The summed E-state index contributed by atoms with van der Waals surface area (Å²) in [4.78, 5) is 1.73. The lowest BCUT2D eigenvalue weighted by molar-refractivity contribution is 0.396. The summed E-state index contributed by atoms with van der Waals surface area (Å²) < 4.78 is 0. The molecule has 0 N–H and O–H groups in total. The number of rotatable bonds is 6. The number of aromatic nitrogens is 4. The van der Waals surface area contributed by atoms with Crippen molar-refractivity contribution in [3.63, 3.8) is 0 Å². The maximum absolute atomic E-state index is 9.21. The first kappa shape index (κ1) is 23.1. The zero-order chi connectivity index (χ0) is 25.8. The van der Waals surface area contributed by atoms with Crippen LogP contribution < -0.4 is 0 Å². The highest BCUT2D eigenvalue weighted by Gasteiger charge is 2.41. The summed E-state index contributed by atoms with van der Waals surface area (Å²) in [5, 5.41) is 23.5. The summed E-state index contributed by atoms with van der Waals surface area (Å²) in [5.74, 6) is 0.525. The summed E-state index contributed by atoms with van der Waals surface area (Å²) in [5.41, 5.74) is 5.70. The van der Waals surface area contributed by atoms with Crippen LogP contribution in [-0.4, -0.2) is 20.2 Å². The molecule has 38 heavy (non-hydrogen) atoms. The highest BCUT2D eigenvalue weighted by atomic mass is 15.6. The van der Waals surface area contributed by atoms with Crippen LogP contribution in [0.1, 0.15) is 22.3 Å². The van der Waals surface area contributed by atoms with E-state index in [2.05, 4.69) is 52.8 Å². The van der Waals surface area contributed by atoms with Gasteiger partial charge in [-0.05, 0) is 45.2 Å². The fourth-order valence-corrected chi connectivity index (χ4v) is 5.00. The van der Waals surface area contributed by atoms with E-state index in [0.29, 0.717) is 11.4 Å². The second kappa shape index (κ2) is 9.96. The molecule has 0 radical (unpaired) electrons. The molecule has 5 aromatic carbocycles. The quantitative estimate of drug-likeness (QED) is 0.244. The molecule has 5 heteroatoms. The number of benzene rings is 5. The van der Waals surface area contributed by atoms with E-state index in [1.54, 1.807) is 4.80 Å². The van der Waals surface area contributed by atoms with E-state index in [-0.39, 0.29) is 0 Å². The summed E-state index contributed by atoms with van der Waals surface area (Å²) in [6.07, 6.45) is 0. The van der Waals surface area contributed by atoms with Crippen molar-refractivity contribution in [2.24, 2.45) is 0 Å². The molecule has 0 amide bonds. The fraction of sp³-hybridized carbons (Fsp3) is 0.0303. The Balaban J connectivity index is 1.58. The maximum Gasteiger partial charge on any atom is 0.205 e. The highest BCUT2D eigenvalue weighted by molar-refractivity contribution is 5.80. The molecule has 0 aliphatic heterocycles. The summed E-state index contributed by atoms with van der Waals surface area (Å²) in [6, 6.07) is 48.6. The van der Waals surface area contributed by atoms with E-state index in [0.717, 1.165) is 33.4 Å². The van der Waals surface area contributed by atoms with E-state index in [9.17, 15) is 5.26 Å². The van der Waals surface area contributed by atoms with Gasteiger partial charge < -0.3 is 0 Å². The standard InChI is InChI=1S/C33H23N5/c34-24-25-20-22-26(23-21-25)30-18-10-11-19-31(30)32-35-37-38(36-32)33(27-12-4-1-5-13-27,28-14-6-2-7-15-28)29-16-8-3-9-17-29/h1-23H. The molecule has 1 aromatic heterocycles. The van der Waals surface area contributed by atoms with Gasteiger partial charge in [-0.3, -0.25) is 0 Å². The number of nitrogens with zero attached hydrogens (tertiary/aromatic N) is 5. The molecule has 5 nitrogen and oxygen atoms in total. The Kier molecular flexibility index (Phi) is 6.05. The Morgan fingerprint density at radius 3 is 1.53 bits per heavy atom. The van der Waals surface area contributed by atoms with Gasteiger partial charge in [0.25, 0.3) is 0 Å². The van der Waals surface area contributed by atoms with Crippen molar-refractivity contribution in [2.45, 2.75) is 5.54 Å². The van der Waals surface area contributed by atoms with Crippen molar-refractivity contribution >= 4 is 0 Å². The largest absolute Gasteiger partial charge is 0.205 e. The van der Waals surface area contributed by atoms with Gasteiger partial charge in [0.15, 0.2) is 5.54 Å². The van der Waals surface area contributed by atoms with Gasteiger partial charge in [0.1, 0.15) is 0 Å². The molecule has 6 aromatic rings. The molecule has 0 unspecified atom stereocenters. The van der Waals surface area contributed by atoms with Crippen LogP contribution in [0.4, 0.5) is 0 Å². The van der Waals surface area contributed by atoms with Crippen molar-refractivity contribution < 1.29 is 0 Å². The Morgan fingerprint density at radius 1 is 0.553 bits per heavy atom. The van der Waals surface area contributed by atoms with E-state index in [1.165, 1.54) is 0 Å². The first-order valence-corrected chi connectivity index (χ1v) is 12.4. The lowest BCUT2D eigenvalue weighted by Crippen LogP contribution is -2.39. The monoisotopic (exact) mass is 489 g/mol. The van der Waals surface area contributed by atoms with Crippen LogP contribution in [0.3, 0.4) is 0 Å². The van der Waals surface area contributed by atoms with Gasteiger partial charge in [0.2, 0.25) is 5.82 Å². The van der Waals surface area contributed by atoms with Gasteiger partial charge in [-0.2, -0.15) is 5.26 Å². The fourth-order valence-electron chi connectivity index (χ4n) is 5.00. The van der Waals surface area contributed by atoms with Crippen molar-refractivity contribution in [3.8, 4) is 28.6 Å². The summed E-state index contributed by atoms with van der Waals surface area (Å²) >= 11 is 0. The Morgan fingerprint density at radius 2 is 1.03 bits per heavy atom. The van der Waals surface area contributed by atoms with Gasteiger partial charge in [0, 0.05) is 5.56 Å². The molecule has 0 spiro atoms. The predicted octanol–water partition coefficient (Wildman–Crippen LogP) is 6.72. The molecule has 0 aliphatic rings. The number of hydrogen-bond acceptors (Lipinski definition) is 4. The van der Waals surface area contributed by atoms with Gasteiger partial charge >= 0.3 is 0 Å². The Bertz CT molecular complexity index is 1600. The minimum atomic E-state index is -0.835. The van der Waals surface area contributed by atoms with Crippen LogP contribution in [0.25, 0.3) is 22.5 Å². The zero-order valence-corrected chi connectivity index (χ0v) is 20.5. The van der Waals surface area contributed by atoms with Crippen LogP contribution in [0.5, 0.6) is 0 Å². The molecule has 6 rings (SSSR count). The van der Waals surface area contributed by atoms with Gasteiger partial charge in [-0.1, -0.05) is 127 Å². The predicted molar refractivity (Wildman–Crippen MR) is 148 cm³/mol. The smallest absolute Gasteiger partial charge is 0.192 e. The molecular weight excluding hydrogens is 466 g/mol. The molecule has 0 saturated heterocycles. The molecule has 1 heterocycles. The third kappa shape index (κ3) is 3.95. The summed E-state index contributed by atoms with van der Waals surface area (Å²) in [7, 11) is 0. The minimum Gasteiger partial charge on any atom is -0.192 e. The normalized spacial score (nSPS) is 11.1. The molecule has 0 saturated carbocycles. The van der Waals surface area contributed by atoms with Crippen LogP contribution in [0, 0.1) is 11.3 Å². The van der Waals surface area contributed by atoms with Gasteiger partial charge in [-0.25, -0.2) is 0 Å². The maximum atomic E-state index is 9.21. The second-order valence-electron chi connectivity index (χ2n) is 8.95. The SMILES string of the molecule is N#Cc1ccc(-c2ccccc2-c2nnn(C(c3ccccc3)(c3ccccc3)c3ccccc3)n2)cc1. The van der Waals surface area contributed by atoms with Crippen LogP contribution >= 0.6 is 0 Å². The molecular formula is C33H23N5. The molecule has 0 aliphatic carbocycles. The minimum absolute atomic E-state index is 0.525. The van der Waals surface area contributed by atoms with Crippen LogP contribution in [0.2, 0.25) is 0 Å². The highest BCUT2D eigenvalue weighted by Crippen LogP contribution is 2.40. The molecule has 0 atom stereocenters. The van der Waals surface area contributed by atoms with E-state index in [1.807, 2.05) is 103 Å². The lowest BCUT2D eigenvalue weighted by atomic mass is 9.77. The van der Waals surface area contributed by atoms with Gasteiger partial charge in [-0.15, -0.1) is 15.0 Å². The van der Waals surface area contributed by atoms with E-state index < -0.39 is 5.54 Å². The average molecular weight is 490 g/mol. The van der Waals surface area contributed by atoms with Crippen LogP contribution in [-0.2, 0) is 5.54 Å².